The van der Waals surface area contributed by atoms with Gasteiger partial charge in [-0.15, -0.1) is 0 Å². The van der Waals surface area contributed by atoms with E-state index in [0.29, 0.717) is 5.92 Å². The summed E-state index contributed by atoms with van der Waals surface area (Å²) in [6.07, 6.45) is 1.61. The van der Waals surface area contributed by atoms with E-state index >= 15 is 0 Å². The Balaban J connectivity index is 2.03. The molecular weight excluding hydrogens is 176 g/mol. The second kappa shape index (κ2) is 3.45. The van der Waals surface area contributed by atoms with E-state index in [1.807, 2.05) is 6.07 Å². The topological polar surface area (TPSA) is 37.3 Å². The highest BCUT2D eigenvalue weighted by molar-refractivity contribution is 5.71. The molecule has 1 aromatic rings. The second-order valence-electron chi connectivity index (χ2n) is 4.12. The van der Waals surface area contributed by atoms with Gasteiger partial charge in [-0.1, -0.05) is 29.8 Å². The molecule has 0 radical (unpaired) electrons. The van der Waals surface area contributed by atoms with Gasteiger partial charge in [0, 0.05) is 0 Å². The molecule has 0 bridgehead atoms. The molecule has 0 spiro atoms. The molecule has 1 aliphatic carbocycles. The van der Waals surface area contributed by atoms with E-state index in [4.69, 9.17) is 5.11 Å². The molecule has 1 fully saturated rings. The standard InChI is InChI=1S/C12H14O2/c1-8-3-2-4-9(5-8)10-6-11(7-10)12(13)14/h2-5,10-11H,6-7H2,1H3,(H,13,14). The molecule has 1 aliphatic rings. The van der Waals surface area contributed by atoms with Crippen LogP contribution in [-0.4, -0.2) is 11.1 Å². The van der Waals surface area contributed by atoms with Crippen molar-refractivity contribution in [3.63, 3.8) is 0 Å². The maximum atomic E-state index is 10.6. The summed E-state index contributed by atoms with van der Waals surface area (Å²) in [5.41, 5.74) is 2.55. The number of carboxylic acids is 1. The van der Waals surface area contributed by atoms with Gasteiger partial charge in [0.1, 0.15) is 0 Å². The van der Waals surface area contributed by atoms with Crippen molar-refractivity contribution in [2.24, 2.45) is 5.92 Å². The Kier molecular flexibility index (Phi) is 2.28. The average Bonchev–Trinajstić information content (AvgIpc) is 2.00. The molecule has 0 atom stereocenters. The smallest absolute Gasteiger partial charge is 0.306 e. The third-order valence-corrected chi connectivity index (χ3v) is 3.00. The number of carboxylic acid groups (broad SMARTS) is 1. The third-order valence-electron chi connectivity index (χ3n) is 3.00. The van der Waals surface area contributed by atoms with Gasteiger partial charge in [0.25, 0.3) is 0 Å². The van der Waals surface area contributed by atoms with Crippen molar-refractivity contribution < 1.29 is 9.90 Å². The van der Waals surface area contributed by atoms with Crippen LogP contribution in [0.2, 0.25) is 0 Å². The molecule has 0 aliphatic heterocycles. The lowest BCUT2D eigenvalue weighted by atomic mass is 9.71. The van der Waals surface area contributed by atoms with E-state index in [0.717, 1.165) is 12.8 Å². The fraction of sp³-hybridized carbons (Fsp3) is 0.417. The number of hydrogen-bond acceptors (Lipinski definition) is 1. The zero-order chi connectivity index (χ0) is 10.1. The van der Waals surface area contributed by atoms with Crippen LogP contribution in [0.1, 0.15) is 29.9 Å². The minimum atomic E-state index is -0.645. The zero-order valence-corrected chi connectivity index (χ0v) is 8.23. The Labute approximate surface area is 83.6 Å². The largest absolute Gasteiger partial charge is 0.481 e. The number of carbonyl (C=O) groups is 1. The van der Waals surface area contributed by atoms with E-state index in [1.165, 1.54) is 11.1 Å². The quantitative estimate of drug-likeness (QED) is 0.778. The summed E-state index contributed by atoms with van der Waals surface area (Å²) < 4.78 is 0. The summed E-state index contributed by atoms with van der Waals surface area (Å²) in [5, 5.41) is 8.75. The Morgan fingerprint density at radius 1 is 1.43 bits per heavy atom. The summed E-state index contributed by atoms with van der Waals surface area (Å²) in [7, 11) is 0. The molecule has 2 rings (SSSR count). The lowest BCUT2D eigenvalue weighted by Crippen LogP contribution is -2.28. The van der Waals surface area contributed by atoms with Crippen molar-refractivity contribution in [3.05, 3.63) is 35.4 Å². The predicted octanol–water partition coefficient (Wildman–Crippen LogP) is 2.57. The molecule has 14 heavy (non-hydrogen) atoms. The van der Waals surface area contributed by atoms with Gasteiger partial charge in [-0.05, 0) is 31.2 Å². The first kappa shape index (κ1) is 9.25. The summed E-state index contributed by atoms with van der Waals surface area (Å²) >= 11 is 0. The first-order valence-electron chi connectivity index (χ1n) is 4.96. The number of benzene rings is 1. The highest BCUT2D eigenvalue weighted by Gasteiger charge is 2.35. The van der Waals surface area contributed by atoms with Crippen molar-refractivity contribution in [1.29, 1.82) is 0 Å². The lowest BCUT2D eigenvalue weighted by molar-refractivity contribution is -0.145. The van der Waals surface area contributed by atoms with E-state index in [9.17, 15) is 4.79 Å². The van der Waals surface area contributed by atoms with Gasteiger partial charge < -0.3 is 5.11 Å². The fourth-order valence-electron chi connectivity index (χ4n) is 2.02. The summed E-state index contributed by atoms with van der Waals surface area (Å²) in [6, 6.07) is 8.36. The monoisotopic (exact) mass is 190 g/mol. The molecule has 0 amide bonds. The van der Waals surface area contributed by atoms with Crippen molar-refractivity contribution >= 4 is 5.97 Å². The van der Waals surface area contributed by atoms with Gasteiger partial charge in [0.05, 0.1) is 5.92 Å². The molecule has 1 saturated carbocycles. The Morgan fingerprint density at radius 2 is 2.14 bits per heavy atom. The van der Waals surface area contributed by atoms with Crippen LogP contribution in [0, 0.1) is 12.8 Å². The Morgan fingerprint density at radius 3 is 2.71 bits per heavy atom. The normalized spacial score (nSPS) is 25.5. The van der Waals surface area contributed by atoms with Crippen molar-refractivity contribution in [2.75, 3.05) is 0 Å². The van der Waals surface area contributed by atoms with Crippen LogP contribution in [0.25, 0.3) is 0 Å². The molecule has 1 aromatic carbocycles. The lowest BCUT2D eigenvalue weighted by Gasteiger charge is -2.32. The minimum absolute atomic E-state index is 0.111. The number of rotatable bonds is 2. The summed E-state index contributed by atoms with van der Waals surface area (Å²) in [4.78, 5) is 10.6. The number of aliphatic carboxylic acids is 1. The highest BCUT2D eigenvalue weighted by Crippen LogP contribution is 2.41. The molecule has 74 valence electrons. The van der Waals surface area contributed by atoms with Gasteiger partial charge in [-0.25, -0.2) is 0 Å². The maximum absolute atomic E-state index is 10.6. The molecule has 2 heteroatoms. The third kappa shape index (κ3) is 1.65. The first-order chi connectivity index (χ1) is 6.66. The van der Waals surface area contributed by atoms with Gasteiger partial charge >= 0.3 is 5.97 Å². The summed E-state index contributed by atoms with van der Waals surface area (Å²) in [5.74, 6) is -0.287. The molecule has 0 aromatic heterocycles. The van der Waals surface area contributed by atoms with Crippen molar-refractivity contribution in [2.45, 2.75) is 25.7 Å². The van der Waals surface area contributed by atoms with Crippen molar-refractivity contribution in [3.8, 4) is 0 Å². The van der Waals surface area contributed by atoms with Crippen molar-refractivity contribution in [1.82, 2.24) is 0 Å². The van der Waals surface area contributed by atoms with Crippen LogP contribution in [0.3, 0.4) is 0 Å². The first-order valence-corrected chi connectivity index (χ1v) is 4.96. The Bertz CT molecular complexity index is 351. The van der Waals surface area contributed by atoms with Crippen LogP contribution in [0.5, 0.6) is 0 Å². The van der Waals surface area contributed by atoms with Gasteiger partial charge in [-0.3, -0.25) is 4.79 Å². The second-order valence-corrected chi connectivity index (χ2v) is 4.12. The molecule has 0 unspecified atom stereocenters. The highest BCUT2D eigenvalue weighted by atomic mass is 16.4. The zero-order valence-electron chi connectivity index (χ0n) is 8.23. The van der Waals surface area contributed by atoms with Gasteiger partial charge in [0.15, 0.2) is 0 Å². The number of hydrogen-bond donors (Lipinski definition) is 1. The fourth-order valence-corrected chi connectivity index (χ4v) is 2.02. The molecule has 0 saturated heterocycles. The van der Waals surface area contributed by atoms with Crippen LogP contribution in [-0.2, 0) is 4.79 Å². The predicted molar refractivity (Wildman–Crippen MR) is 54.3 cm³/mol. The molecular formula is C12H14O2. The molecule has 0 heterocycles. The van der Waals surface area contributed by atoms with Crippen LogP contribution in [0.4, 0.5) is 0 Å². The average molecular weight is 190 g/mol. The van der Waals surface area contributed by atoms with E-state index in [1.54, 1.807) is 0 Å². The minimum Gasteiger partial charge on any atom is -0.481 e. The maximum Gasteiger partial charge on any atom is 0.306 e. The Hall–Kier alpha value is -1.31. The number of aryl methyl sites for hydroxylation is 1. The van der Waals surface area contributed by atoms with Gasteiger partial charge in [0.2, 0.25) is 0 Å². The van der Waals surface area contributed by atoms with E-state index < -0.39 is 5.97 Å². The van der Waals surface area contributed by atoms with E-state index in [2.05, 4.69) is 25.1 Å². The van der Waals surface area contributed by atoms with Crippen LogP contribution < -0.4 is 0 Å². The van der Waals surface area contributed by atoms with Crippen LogP contribution >= 0.6 is 0 Å². The molecule has 2 nitrogen and oxygen atoms in total. The van der Waals surface area contributed by atoms with Crippen LogP contribution in [0.15, 0.2) is 24.3 Å². The van der Waals surface area contributed by atoms with Gasteiger partial charge in [-0.2, -0.15) is 0 Å². The molecule has 1 N–H and O–H groups in total. The SMILES string of the molecule is Cc1cccc(C2CC(C(=O)O)C2)c1. The van der Waals surface area contributed by atoms with E-state index in [-0.39, 0.29) is 5.92 Å². The summed E-state index contributed by atoms with van der Waals surface area (Å²) in [6.45, 7) is 2.07.